The van der Waals surface area contributed by atoms with Crippen molar-refractivity contribution in [3.8, 4) is 0 Å². The highest BCUT2D eigenvalue weighted by molar-refractivity contribution is 7.89. The average molecular weight is 171 g/mol. The monoisotopic (exact) mass is 170 g/mol. The molecule has 0 spiro atoms. The third-order valence-electron chi connectivity index (χ3n) is 0.644. The van der Waals surface area contributed by atoms with E-state index >= 15 is 0 Å². The molecule has 0 bridgehead atoms. The van der Waals surface area contributed by atoms with Gasteiger partial charge in [-0.15, -0.1) is 0 Å². The maximum absolute atomic E-state index is 5.69. The van der Waals surface area contributed by atoms with E-state index in [2.05, 4.69) is 6.30 Å². The minimum Gasteiger partial charge on any atom is -0.327 e. The van der Waals surface area contributed by atoms with Crippen LogP contribution >= 0.6 is 17.9 Å². The molecule has 0 rings (SSSR count). The first-order valence-electron chi connectivity index (χ1n) is 2.84. The summed E-state index contributed by atoms with van der Waals surface area (Å²) in [6.45, 7) is 2.62. The summed E-state index contributed by atoms with van der Waals surface area (Å²) < 4.78 is 10.0. The molecule has 0 N–H and O–H groups in total. The van der Waals surface area contributed by atoms with E-state index in [0.29, 0.717) is 13.2 Å². The summed E-state index contributed by atoms with van der Waals surface area (Å²) in [5.41, 5.74) is 0. The van der Waals surface area contributed by atoms with Crippen LogP contribution in [0.4, 0.5) is 0 Å². The number of hydrogen-bond acceptors (Lipinski definition) is 2. The van der Waals surface area contributed by atoms with Gasteiger partial charge in [-0.2, -0.15) is 0 Å². The summed E-state index contributed by atoms with van der Waals surface area (Å²) in [5.74, 6) is 0. The fourth-order valence-corrected chi connectivity index (χ4v) is 1.85. The molecule has 9 heavy (non-hydrogen) atoms. The van der Waals surface area contributed by atoms with Crippen LogP contribution in [0.15, 0.2) is 0 Å². The highest BCUT2D eigenvalue weighted by Gasteiger charge is 2.07. The molecule has 0 aromatic rings. The SMILES string of the molecule is C=P(Cl)(OCC)OCC. The van der Waals surface area contributed by atoms with E-state index in [4.69, 9.17) is 20.3 Å². The fraction of sp³-hybridized carbons (Fsp3) is 0.800. The first-order valence-corrected chi connectivity index (χ1v) is 5.56. The zero-order valence-electron chi connectivity index (χ0n) is 5.76. The Morgan fingerprint density at radius 3 is 1.89 bits per heavy atom. The first kappa shape index (κ1) is 9.51. The standard InChI is InChI=1S/C5H12ClO2P/c1-4-7-9(3,6)8-5-2/h3-5H2,1-2H3. The lowest BCUT2D eigenvalue weighted by atomic mass is 10.9. The molecule has 56 valence electrons. The third-order valence-corrected chi connectivity index (χ3v) is 2.52. The van der Waals surface area contributed by atoms with E-state index in [9.17, 15) is 0 Å². The molecule has 0 atom stereocenters. The second-order valence-corrected chi connectivity index (χ2v) is 4.67. The number of rotatable bonds is 4. The molecular formula is C5H12ClO2P. The zero-order valence-corrected chi connectivity index (χ0v) is 7.41. The summed E-state index contributed by atoms with van der Waals surface area (Å²) in [7, 11) is 0. The van der Waals surface area contributed by atoms with Gasteiger partial charge in [0.15, 0.2) is 0 Å². The van der Waals surface area contributed by atoms with Crippen LogP contribution in [0.5, 0.6) is 0 Å². The molecular weight excluding hydrogens is 158 g/mol. The lowest BCUT2D eigenvalue weighted by Gasteiger charge is -2.14. The van der Waals surface area contributed by atoms with Crippen LogP contribution < -0.4 is 0 Å². The van der Waals surface area contributed by atoms with Gasteiger partial charge >= 0.3 is 0 Å². The van der Waals surface area contributed by atoms with E-state index in [1.54, 1.807) is 0 Å². The molecule has 0 fully saturated rings. The second-order valence-electron chi connectivity index (χ2n) is 1.43. The van der Waals surface area contributed by atoms with Gasteiger partial charge < -0.3 is 9.05 Å². The van der Waals surface area contributed by atoms with Gasteiger partial charge in [-0.3, -0.25) is 0 Å². The molecule has 0 aliphatic carbocycles. The zero-order chi connectivity index (χ0) is 7.33. The lowest BCUT2D eigenvalue weighted by Crippen LogP contribution is -1.88. The molecule has 0 saturated heterocycles. The van der Waals surface area contributed by atoms with Crippen molar-refractivity contribution >= 4 is 24.2 Å². The average Bonchev–Trinajstić information content (AvgIpc) is 1.64. The van der Waals surface area contributed by atoms with Gasteiger partial charge in [-0.25, -0.2) is 0 Å². The normalized spacial score (nSPS) is 11.9. The maximum Gasteiger partial charge on any atom is 0.208 e. The Morgan fingerprint density at radius 1 is 1.33 bits per heavy atom. The second kappa shape index (κ2) is 4.35. The van der Waals surface area contributed by atoms with Crippen LogP contribution in [0.2, 0.25) is 0 Å². The fourth-order valence-electron chi connectivity index (χ4n) is 0.423. The lowest BCUT2D eigenvalue weighted by molar-refractivity contribution is 0.278. The van der Waals surface area contributed by atoms with Crippen molar-refractivity contribution in [1.82, 2.24) is 0 Å². The summed E-state index contributed by atoms with van der Waals surface area (Å²) in [4.78, 5) is 0. The number of halogens is 1. The van der Waals surface area contributed by atoms with Gasteiger partial charge in [0.2, 0.25) is 6.69 Å². The molecule has 0 heterocycles. The van der Waals surface area contributed by atoms with Crippen molar-refractivity contribution in [2.45, 2.75) is 13.8 Å². The highest BCUT2D eigenvalue weighted by atomic mass is 35.7. The van der Waals surface area contributed by atoms with Crippen molar-refractivity contribution < 1.29 is 9.05 Å². The summed E-state index contributed by atoms with van der Waals surface area (Å²) >= 11 is 5.69. The van der Waals surface area contributed by atoms with Gasteiger partial charge in [0.25, 0.3) is 0 Å². The molecule has 0 aromatic heterocycles. The van der Waals surface area contributed by atoms with E-state index < -0.39 is 6.69 Å². The van der Waals surface area contributed by atoms with Crippen molar-refractivity contribution in [2.75, 3.05) is 13.2 Å². The van der Waals surface area contributed by atoms with E-state index in [1.807, 2.05) is 13.8 Å². The predicted molar refractivity (Wildman–Crippen MR) is 43.1 cm³/mol. The molecule has 0 amide bonds. The van der Waals surface area contributed by atoms with Gasteiger partial charge in [-0.1, -0.05) is 0 Å². The summed E-state index contributed by atoms with van der Waals surface area (Å²) in [6.07, 6.45) is 3.58. The molecule has 0 unspecified atom stereocenters. The van der Waals surface area contributed by atoms with Crippen molar-refractivity contribution in [2.24, 2.45) is 0 Å². The number of hydrogen-bond donors (Lipinski definition) is 0. The largest absolute Gasteiger partial charge is 0.327 e. The van der Waals surface area contributed by atoms with Crippen molar-refractivity contribution in [3.05, 3.63) is 0 Å². The predicted octanol–water partition coefficient (Wildman–Crippen LogP) is 2.49. The van der Waals surface area contributed by atoms with Gasteiger partial charge in [0, 0.05) is 0 Å². The Morgan fingerprint density at radius 2 is 1.67 bits per heavy atom. The molecule has 0 radical (unpaired) electrons. The first-order chi connectivity index (χ1) is 4.12. The van der Waals surface area contributed by atoms with E-state index in [1.165, 1.54) is 0 Å². The van der Waals surface area contributed by atoms with Crippen LogP contribution in [-0.2, 0) is 9.05 Å². The summed E-state index contributed by atoms with van der Waals surface area (Å²) in [5, 5.41) is 0. The molecule has 0 aliphatic heterocycles. The minimum atomic E-state index is -2.22. The van der Waals surface area contributed by atoms with Crippen LogP contribution in [-0.4, -0.2) is 19.5 Å². The van der Waals surface area contributed by atoms with Crippen molar-refractivity contribution in [3.63, 3.8) is 0 Å². The van der Waals surface area contributed by atoms with Crippen molar-refractivity contribution in [1.29, 1.82) is 0 Å². The van der Waals surface area contributed by atoms with Gasteiger partial charge in [0.05, 0.1) is 13.2 Å². The molecule has 0 aliphatic rings. The highest BCUT2D eigenvalue weighted by Crippen LogP contribution is 2.52. The van der Waals surface area contributed by atoms with E-state index in [0.717, 1.165) is 0 Å². The summed E-state index contributed by atoms with van der Waals surface area (Å²) in [6, 6.07) is 0. The van der Waals surface area contributed by atoms with Crippen LogP contribution in [0, 0.1) is 0 Å². The van der Waals surface area contributed by atoms with Gasteiger partial charge in [0.1, 0.15) is 0 Å². The molecule has 0 saturated carbocycles. The van der Waals surface area contributed by atoms with Crippen LogP contribution in [0.25, 0.3) is 0 Å². The minimum absolute atomic E-state index is 0.556. The molecule has 0 aromatic carbocycles. The topological polar surface area (TPSA) is 18.5 Å². The molecule has 2 nitrogen and oxygen atoms in total. The Kier molecular flexibility index (Phi) is 4.59. The quantitative estimate of drug-likeness (QED) is 0.604. The maximum atomic E-state index is 5.69. The Balaban J connectivity index is 3.58. The van der Waals surface area contributed by atoms with E-state index in [-0.39, 0.29) is 0 Å². The Labute approximate surface area is 61.0 Å². The third kappa shape index (κ3) is 4.98. The van der Waals surface area contributed by atoms with Gasteiger partial charge in [-0.05, 0) is 31.4 Å². The Bertz CT molecular complexity index is 106. The Hall–Kier alpha value is 0.510. The smallest absolute Gasteiger partial charge is 0.208 e. The van der Waals surface area contributed by atoms with Crippen LogP contribution in [0.1, 0.15) is 13.8 Å². The van der Waals surface area contributed by atoms with Crippen LogP contribution in [0.3, 0.4) is 0 Å². The molecule has 4 heteroatoms.